The number of hydrogen-bond acceptors (Lipinski definition) is 7. The van der Waals surface area contributed by atoms with Crippen LogP contribution in [0.1, 0.15) is 21.7 Å². The topological polar surface area (TPSA) is 94.8 Å². The van der Waals surface area contributed by atoms with Gasteiger partial charge in [0, 0.05) is 34.7 Å². The number of amides is 1. The Labute approximate surface area is 210 Å². The van der Waals surface area contributed by atoms with Gasteiger partial charge in [0.15, 0.2) is 10.9 Å². The molecule has 0 aliphatic heterocycles. The number of thioether (sulfide) groups is 1. The molecule has 0 radical (unpaired) electrons. The zero-order chi connectivity index (χ0) is 23.9. The maximum absolute atomic E-state index is 13.0. The van der Waals surface area contributed by atoms with Crippen molar-refractivity contribution in [2.45, 2.75) is 17.3 Å². The van der Waals surface area contributed by atoms with E-state index < -0.39 is 0 Å². The van der Waals surface area contributed by atoms with E-state index in [4.69, 9.17) is 27.9 Å². The number of halogens is 2. The molecule has 11 heteroatoms. The third kappa shape index (κ3) is 6.05. The molecule has 0 unspecified atom stereocenters. The number of hydrogen-bond donors (Lipinski definition) is 1. The molecule has 1 amide bonds. The summed E-state index contributed by atoms with van der Waals surface area (Å²) in [5, 5.41) is 12.8. The summed E-state index contributed by atoms with van der Waals surface area (Å²) in [6.45, 7) is 0.427. The van der Waals surface area contributed by atoms with Gasteiger partial charge in [-0.25, -0.2) is 14.6 Å². The smallest absolute Gasteiger partial charge is 0.273 e. The third-order valence-electron chi connectivity index (χ3n) is 4.78. The number of aromatic nitrogens is 5. The van der Waals surface area contributed by atoms with E-state index in [1.54, 1.807) is 48.5 Å². The largest absolute Gasteiger partial charge is 0.497 e. The molecular formula is C23H20Cl2N6O2S. The SMILES string of the molecule is COc1cccc(CCNC(=O)c2nnn(-c3cc(Cl)cc(Cl)c3)c2CSc2ncccn2)c1. The predicted octanol–water partition coefficient (Wildman–Crippen LogP) is 4.64. The average molecular weight is 515 g/mol. The maximum Gasteiger partial charge on any atom is 0.273 e. The van der Waals surface area contributed by atoms with Crippen LogP contribution in [-0.2, 0) is 12.2 Å². The number of rotatable bonds is 9. The summed E-state index contributed by atoms with van der Waals surface area (Å²) in [5.41, 5.74) is 2.44. The van der Waals surface area contributed by atoms with Crippen LogP contribution in [0, 0.1) is 0 Å². The highest BCUT2D eigenvalue weighted by atomic mass is 35.5. The Morgan fingerprint density at radius 2 is 1.85 bits per heavy atom. The molecule has 4 aromatic rings. The summed E-state index contributed by atoms with van der Waals surface area (Å²) < 4.78 is 6.81. The second kappa shape index (κ2) is 11.3. The van der Waals surface area contributed by atoms with E-state index in [1.165, 1.54) is 11.8 Å². The van der Waals surface area contributed by atoms with Gasteiger partial charge in [0.2, 0.25) is 0 Å². The van der Waals surface area contributed by atoms with Crippen molar-refractivity contribution in [1.29, 1.82) is 0 Å². The Morgan fingerprint density at radius 3 is 2.59 bits per heavy atom. The van der Waals surface area contributed by atoms with Gasteiger partial charge in [-0.3, -0.25) is 4.79 Å². The van der Waals surface area contributed by atoms with Crippen LogP contribution in [-0.4, -0.2) is 44.5 Å². The lowest BCUT2D eigenvalue weighted by molar-refractivity contribution is 0.0948. The Morgan fingerprint density at radius 1 is 1.09 bits per heavy atom. The van der Waals surface area contributed by atoms with Gasteiger partial charge in [0.1, 0.15) is 5.75 Å². The molecular weight excluding hydrogens is 495 g/mol. The molecule has 2 aromatic heterocycles. The number of nitrogens with one attached hydrogen (secondary N) is 1. The molecule has 0 fully saturated rings. The first-order valence-corrected chi connectivity index (χ1v) is 12.0. The highest BCUT2D eigenvalue weighted by Crippen LogP contribution is 2.26. The van der Waals surface area contributed by atoms with Gasteiger partial charge in [-0.15, -0.1) is 5.10 Å². The van der Waals surface area contributed by atoms with E-state index in [9.17, 15) is 4.79 Å². The van der Waals surface area contributed by atoms with Crippen LogP contribution in [0.3, 0.4) is 0 Å². The molecule has 0 spiro atoms. The molecule has 0 atom stereocenters. The van der Waals surface area contributed by atoms with Crippen molar-refractivity contribution in [3.8, 4) is 11.4 Å². The van der Waals surface area contributed by atoms with Crippen LogP contribution in [0.15, 0.2) is 66.1 Å². The minimum absolute atomic E-state index is 0.213. The van der Waals surface area contributed by atoms with Gasteiger partial charge in [0.05, 0.1) is 18.5 Å². The van der Waals surface area contributed by atoms with Gasteiger partial charge in [-0.05, 0) is 48.4 Å². The van der Waals surface area contributed by atoms with Gasteiger partial charge in [0.25, 0.3) is 5.91 Å². The van der Waals surface area contributed by atoms with E-state index in [-0.39, 0.29) is 11.6 Å². The van der Waals surface area contributed by atoms with Crippen LogP contribution in [0.25, 0.3) is 5.69 Å². The minimum atomic E-state index is -0.327. The fraction of sp³-hybridized carbons (Fsp3) is 0.174. The standard InChI is InChI=1S/C23H20Cl2N6O2S/c1-33-19-5-2-4-15(10-19)6-9-26-22(32)21-20(14-34-23-27-7-3-8-28-23)31(30-29-21)18-12-16(24)11-17(25)13-18/h2-5,7-8,10-13H,6,9,14H2,1H3,(H,26,32). The summed E-state index contributed by atoms with van der Waals surface area (Å²) in [5.74, 6) is 0.806. The molecule has 0 aliphatic carbocycles. The second-order valence-electron chi connectivity index (χ2n) is 7.10. The van der Waals surface area contributed by atoms with E-state index in [0.717, 1.165) is 11.3 Å². The van der Waals surface area contributed by atoms with Crippen LogP contribution < -0.4 is 10.1 Å². The monoisotopic (exact) mass is 514 g/mol. The molecule has 2 heterocycles. The van der Waals surface area contributed by atoms with Crippen molar-refractivity contribution in [1.82, 2.24) is 30.3 Å². The first kappa shape index (κ1) is 24.0. The summed E-state index contributed by atoms with van der Waals surface area (Å²) in [6, 6.07) is 14.5. The normalized spacial score (nSPS) is 10.8. The van der Waals surface area contributed by atoms with Crippen molar-refractivity contribution in [2.75, 3.05) is 13.7 Å². The summed E-state index contributed by atoms with van der Waals surface area (Å²) in [6.07, 6.45) is 3.96. The van der Waals surface area contributed by atoms with Crippen molar-refractivity contribution >= 4 is 40.9 Å². The Kier molecular flexibility index (Phi) is 7.99. The molecule has 8 nitrogen and oxygen atoms in total. The highest BCUT2D eigenvalue weighted by molar-refractivity contribution is 7.98. The summed E-state index contributed by atoms with van der Waals surface area (Å²) >= 11 is 13.7. The van der Waals surface area contributed by atoms with E-state index in [2.05, 4.69) is 25.6 Å². The van der Waals surface area contributed by atoms with E-state index in [1.807, 2.05) is 24.3 Å². The Hall–Kier alpha value is -3.14. The number of benzene rings is 2. The Balaban J connectivity index is 1.55. The predicted molar refractivity (Wildman–Crippen MR) is 132 cm³/mol. The fourth-order valence-electron chi connectivity index (χ4n) is 3.20. The van der Waals surface area contributed by atoms with Crippen molar-refractivity contribution in [2.24, 2.45) is 0 Å². The fourth-order valence-corrected chi connectivity index (χ4v) is 4.51. The third-order valence-corrected chi connectivity index (χ3v) is 6.11. The molecule has 1 N–H and O–H groups in total. The lowest BCUT2D eigenvalue weighted by Gasteiger charge is -2.09. The Bertz CT molecular complexity index is 1270. The lowest BCUT2D eigenvalue weighted by atomic mass is 10.1. The molecule has 0 saturated heterocycles. The first-order valence-electron chi connectivity index (χ1n) is 10.3. The summed E-state index contributed by atoms with van der Waals surface area (Å²) in [4.78, 5) is 21.5. The first-order chi connectivity index (χ1) is 16.5. The molecule has 174 valence electrons. The van der Waals surface area contributed by atoms with Crippen molar-refractivity contribution in [3.05, 3.63) is 87.9 Å². The number of methoxy groups -OCH3 is 1. The molecule has 4 rings (SSSR count). The number of carbonyl (C=O) groups is 1. The zero-order valence-electron chi connectivity index (χ0n) is 18.1. The van der Waals surface area contributed by atoms with Gasteiger partial charge < -0.3 is 10.1 Å². The maximum atomic E-state index is 13.0. The van der Waals surface area contributed by atoms with Crippen molar-refractivity contribution < 1.29 is 9.53 Å². The second-order valence-corrected chi connectivity index (χ2v) is 8.92. The van der Waals surface area contributed by atoms with Crippen molar-refractivity contribution in [3.63, 3.8) is 0 Å². The molecule has 2 aromatic carbocycles. The van der Waals surface area contributed by atoms with Gasteiger partial charge in [-0.2, -0.15) is 0 Å². The quantitative estimate of drug-likeness (QED) is 0.256. The number of ether oxygens (including phenoxy) is 1. The van der Waals surface area contributed by atoms with E-state index >= 15 is 0 Å². The number of carbonyl (C=O) groups excluding carboxylic acids is 1. The molecule has 0 aliphatic rings. The average Bonchev–Trinajstić information content (AvgIpc) is 3.27. The zero-order valence-corrected chi connectivity index (χ0v) is 20.4. The van der Waals surface area contributed by atoms with E-state index in [0.29, 0.717) is 45.3 Å². The van der Waals surface area contributed by atoms with Crippen LogP contribution in [0.2, 0.25) is 10.0 Å². The molecule has 0 saturated carbocycles. The molecule has 0 bridgehead atoms. The van der Waals surface area contributed by atoms with Crippen LogP contribution >= 0.6 is 35.0 Å². The van der Waals surface area contributed by atoms with Gasteiger partial charge in [-0.1, -0.05) is 52.3 Å². The molecule has 34 heavy (non-hydrogen) atoms. The lowest BCUT2D eigenvalue weighted by Crippen LogP contribution is -2.27. The van der Waals surface area contributed by atoms with Crippen LogP contribution in [0.5, 0.6) is 5.75 Å². The highest BCUT2D eigenvalue weighted by Gasteiger charge is 2.21. The summed E-state index contributed by atoms with van der Waals surface area (Å²) in [7, 11) is 1.62. The van der Waals surface area contributed by atoms with Crippen LogP contribution in [0.4, 0.5) is 0 Å². The minimum Gasteiger partial charge on any atom is -0.497 e. The van der Waals surface area contributed by atoms with Gasteiger partial charge >= 0.3 is 0 Å². The number of nitrogens with zero attached hydrogens (tertiary/aromatic N) is 5.